The van der Waals surface area contributed by atoms with E-state index >= 15 is 0 Å². The van der Waals surface area contributed by atoms with E-state index in [-0.39, 0.29) is 0 Å². The number of hydrogen-bond donors (Lipinski definition) is 1. The van der Waals surface area contributed by atoms with E-state index in [2.05, 4.69) is 15.2 Å². The van der Waals surface area contributed by atoms with E-state index in [1.54, 1.807) is 13.4 Å². The van der Waals surface area contributed by atoms with Gasteiger partial charge in [0.2, 0.25) is 5.95 Å². The monoisotopic (exact) mass is 500 g/mol. The van der Waals surface area contributed by atoms with E-state index in [4.69, 9.17) is 24.0 Å². The molecule has 3 aromatic heterocycles. The van der Waals surface area contributed by atoms with Crippen molar-refractivity contribution in [2.24, 2.45) is 7.05 Å². The average molecular weight is 501 g/mol. The normalized spacial score (nSPS) is 14.9. The van der Waals surface area contributed by atoms with E-state index in [9.17, 15) is 0 Å². The zero-order chi connectivity index (χ0) is 25.4. The minimum atomic E-state index is 0.499. The molecule has 4 heterocycles. The second-order valence-corrected chi connectivity index (χ2v) is 9.68. The van der Waals surface area contributed by atoms with Crippen LogP contribution in [0.3, 0.4) is 0 Å². The Kier molecular flexibility index (Phi) is 6.30. The van der Waals surface area contributed by atoms with Crippen molar-refractivity contribution in [3.8, 4) is 34.2 Å². The van der Waals surface area contributed by atoms with Gasteiger partial charge in [0.15, 0.2) is 5.76 Å². The minimum Gasteiger partial charge on any atom is -0.494 e. The van der Waals surface area contributed by atoms with Gasteiger partial charge >= 0.3 is 0 Å². The van der Waals surface area contributed by atoms with Gasteiger partial charge < -0.3 is 19.2 Å². The molecular formula is C28H32N6O3. The molecule has 192 valence electrons. The van der Waals surface area contributed by atoms with Crippen LogP contribution in [0.15, 0.2) is 41.1 Å². The summed E-state index contributed by atoms with van der Waals surface area (Å²) in [7, 11) is 3.61. The number of furan rings is 1. The van der Waals surface area contributed by atoms with E-state index in [0.29, 0.717) is 18.3 Å². The number of ether oxygens (including phenoxy) is 2. The van der Waals surface area contributed by atoms with Crippen molar-refractivity contribution in [1.82, 2.24) is 24.6 Å². The van der Waals surface area contributed by atoms with Crippen LogP contribution < -0.4 is 14.8 Å². The number of likely N-dealkylation sites (tertiary alicyclic amines) is 1. The molecule has 4 aromatic rings. The lowest BCUT2D eigenvalue weighted by atomic mass is 9.92. The molecule has 1 saturated heterocycles. The predicted octanol–water partition coefficient (Wildman–Crippen LogP) is 4.77. The van der Waals surface area contributed by atoms with E-state index < -0.39 is 0 Å². The summed E-state index contributed by atoms with van der Waals surface area (Å²) in [4.78, 5) is 12.0. The Morgan fingerprint density at radius 2 is 2.00 bits per heavy atom. The molecule has 6 rings (SSSR count). The number of aromatic nitrogens is 4. The Balaban J connectivity index is 1.26. The standard InChI is InChI=1S/C28H32N6O3/c1-18-10-14-37-27(18)26-24-22(32-33(26)2)8-6-19-17-29-28(31-25(19)24)30-21-9-7-20(16-23(21)35-3)36-15-13-34-11-4-5-12-34/h7,9-10,14,16-17H,4-6,8,11-13,15H2,1-3H3,(H,29,30,31). The summed E-state index contributed by atoms with van der Waals surface area (Å²) in [6.45, 7) is 5.98. The number of fused-ring (bicyclic) bond motifs is 3. The highest BCUT2D eigenvalue weighted by Crippen LogP contribution is 2.41. The first kappa shape index (κ1) is 23.5. The van der Waals surface area contributed by atoms with Crippen LogP contribution in [0.5, 0.6) is 11.5 Å². The molecule has 1 aromatic carbocycles. The molecule has 1 aliphatic heterocycles. The molecule has 1 aliphatic carbocycles. The molecule has 0 bridgehead atoms. The smallest absolute Gasteiger partial charge is 0.227 e. The lowest BCUT2D eigenvalue weighted by Crippen LogP contribution is -2.25. The summed E-state index contributed by atoms with van der Waals surface area (Å²) in [5.74, 6) is 2.78. The minimum absolute atomic E-state index is 0.499. The van der Waals surface area contributed by atoms with E-state index in [1.165, 1.54) is 25.9 Å². The molecular weight excluding hydrogens is 468 g/mol. The quantitative estimate of drug-likeness (QED) is 0.370. The number of aryl methyl sites for hydroxylation is 4. The maximum Gasteiger partial charge on any atom is 0.227 e. The topological polar surface area (TPSA) is 90.5 Å². The summed E-state index contributed by atoms with van der Waals surface area (Å²) in [5, 5.41) is 8.13. The first-order valence-corrected chi connectivity index (χ1v) is 12.9. The zero-order valence-electron chi connectivity index (χ0n) is 21.6. The van der Waals surface area contributed by atoms with Gasteiger partial charge in [-0.15, -0.1) is 0 Å². The number of nitrogens with one attached hydrogen (secondary N) is 1. The van der Waals surface area contributed by atoms with Crippen molar-refractivity contribution in [3.05, 3.63) is 53.5 Å². The van der Waals surface area contributed by atoms with Gasteiger partial charge in [0.25, 0.3) is 0 Å². The van der Waals surface area contributed by atoms with Crippen LogP contribution in [0.1, 0.15) is 29.7 Å². The number of anilines is 2. The molecule has 0 radical (unpaired) electrons. The lowest BCUT2D eigenvalue weighted by Gasteiger charge is -2.18. The van der Waals surface area contributed by atoms with Crippen LogP contribution in [0, 0.1) is 6.92 Å². The van der Waals surface area contributed by atoms with Crippen molar-refractivity contribution in [2.45, 2.75) is 32.6 Å². The fourth-order valence-corrected chi connectivity index (χ4v) is 5.28. The van der Waals surface area contributed by atoms with Crippen LogP contribution in [-0.4, -0.2) is 58.0 Å². The third-order valence-corrected chi connectivity index (χ3v) is 7.22. The second kappa shape index (κ2) is 9.89. The Labute approximate surface area is 216 Å². The fourth-order valence-electron chi connectivity index (χ4n) is 5.28. The molecule has 1 N–H and O–H groups in total. The predicted molar refractivity (Wildman–Crippen MR) is 142 cm³/mol. The van der Waals surface area contributed by atoms with Gasteiger partial charge in [-0.2, -0.15) is 5.10 Å². The highest BCUT2D eigenvalue weighted by atomic mass is 16.5. The maximum absolute atomic E-state index is 5.99. The van der Waals surface area contributed by atoms with Crippen LogP contribution in [0.25, 0.3) is 22.7 Å². The van der Waals surface area contributed by atoms with Crippen LogP contribution in [-0.2, 0) is 19.9 Å². The Morgan fingerprint density at radius 3 is 2.78 bits per heavy atom. The van der Waals surface area contributed by atoms with Crippen molar-refractivity contribution >= 4 is 11.6 Å². The van der Waals surface area contributed by atoms with Crippen LogP contribution in [0.2, 0.25) is 0 Å². The Morgan fingerprint density at radius 1 is 1.14 bits per heavy atom. The van der Waals surface area contributed by atoms with Crippen LogP contribution >= 0.6 is 0 Å². The summed E-state index contributed by atoms with van der Waals surface area (Å²) in [5.41, 5.74) is 6.82. The number of benzene rings is 1. The van der Waals surface area contributed by atoms with Gasteiger partial charge in [-0.3, -0.25) is 9.58 Å². The molecule has 9 heteroatoms. The van der Waals surface area contributed by atoms with E-state index in [0.717, 1.165) is 70.4 Å². The average Bonchev–Trinajstić information content (AvgIpc) is 3.65. The maximum atomic E-state index is 5.99. The zero-order valence-corrected chi connectivity index (χ0v) is 21.6. The van der Waals surface area contributed by atoms with Gasteiger partial charge in [-0.05, 0) is 75.0 Å². The van der Waals surface area contributed by atoms with Crippen molar-refractivity contribution in [3.63, 3.8) is 0 Å². The number of nitrogens with zero attached hydrogens (tertiary/aromatic N) is 5. The molecule has 37 heavy (non-hydrogen) atoms. The Bertz CT molecular complexity index is 1420. The fraction of sp³-hybridized carbons (Fsp3) is 0.393. The SMILES string of the molecule is COc1cc(OCCN2CCCC2)ccc1Nc1ncc2c(n1)-c1c(nn(C)c1-c1occc1C)CC2. The first-order valence-electron chi connectivity index (χ1n) is 12.9. The molecule has 0 spiro atoms. The molecule has 0 unspecified atom stereocenters. The van der Waals surface area contributed by atoms with E-state index in [1.807, 2.05) is 49.1 Å². The summed E-state index contributed by atoms with van der Waals surface area (Å²) < 4.78 is 19.4. The van der Waals surface area contributed by atoms with Crippen molar-refractivity contribution in [1.29, 1.82) is 0 Å². The molecule has 1 fully saturated rings. The van der Waals surface area contributed by atoms with Crippen molar-refractivity contribution < 1.29 is 13.9 Å². The third-order valence-electron chi connectivity index (χ3n) is 7.22. The Hall–Kier alpha value is -3.85. The molecule has 0 atom stereocenters. The van der Waals surface area contributed by atoms with Gasteiger partial charge in [-0.25, -0.2) is 9.97 Å². The van der Waals surface area contributed by atoms with Gasteiger partial charge in [0, 0.05) is 25.9 Å². The number of rotatable bonds is 8. The second-order valence-electron chi connectivity index (χ2n) is 9.68. The molecule has 9 nitrogen and oxygen atoms in total. The van der Waals surface area contributed by atoms with Crippen molar-refractivity contribution in [2.75, 3.05) is 38.7 Å². The molecule has 0 saturated carbocycles. The summed E-state index contributed by atoms with van der Waals surface area (Å²) in [6, 6.07) is 7.77. The first-order chi connectivity index (χ1) is 18.1. The molecule has 2 aliphatic rings. The lowest BCUT2D eigenvalue weighted by molar-refractivity contribution is 0.237. The highest BCUT2D eigenvalue weighted by molar-refractivity contribution is 5.83. The largest absolute Gasteiger partial charge is 0.494 e. The number of hydrogen-bond acceptors (Lipinski definition) is 8. The van der Waals surface area contributed by atoms with Crippen LogP contribution in [0.4, 0.5) is 11.6 Å². The molecule has 0 amide bonds. The van der Waals surface area contributed by atoms with Gasteiger partial charge in [0.1, 0.15) is 23.8 Å². The summed E-state index contributed by atoms with van der Waals surface area (Å²) >= 11 is 0. The number of methoxy groups -OCH3 is 1. The van der Waals surface area contributed by atoms with Gasteiger partial charge in [-0.1, -0.05) is 0 Å². The van der Waals surface area contributed by atoms with Gasteiger partial charge in [0.05, 0.1) is 36.0 Å². The highest BCUT2D eigenvalue weighted by Gasteiger charge is 2.29. The summed E-state index contributed by atoms with van der Waals surface area (Å²) in [6.07, 6.45) is 7.88. The third kappa shape index (κ3) is 4.55.